The molecule has 1 heterocycles. The molecule has 2 aromatic carbocycles. The summed E-state index contributed by atoms with van der Waals surface area (Å²) in [5, 5.41) is 5.89. The van der Waals surface area contributed by atoms with Gasteiger partial charge in [0.1, 0.15) is 12.6 Å². The van der Waals surface area contributed by atoms with Crippen LogP contribution in [-0.2, 0) is 27.4 Å². The lowest BCUT2D eigenvalue weighted by Crippen LogP contribution is -2.51. The molecular weight excluding hydrogens is 490 g/mol. The molecule has 0 aromatic heterocycles. The van der Waals surface area contributed by atoms with E-state index in [1.54, 1.807) is 0 Å². The number of carbonyl (C=O) groups is 3. The van der Waals surface area contributed by atoms with E-state index in [4.69, 9.17) is 4.74 Å². The summed E-state index contributed by atoms with van der Waals surface area (Å²) in [6, 6.07) is 19.4. The Hall–Kier alpha value is -3.35. The van der Waals surface area contributed by atoms with Crippen LogP contribution in [0, 0.1) is 11.8 Å². The van der Waals surface area contributed by atoms with Crippen LogP contribution in [0.25, 0.3) is 0 Å². The molecule has 2 aromatic rings. The number of rotatable bonds is 12. The van der Waals surface area contributed by atoms with Crippen LogP contribution in [0.1, 0.15) is 68.9 Å². The van der Waals surface area contributed by atoms with Gasteiger partial charge in [0.25, 0.3) is 0 Å². The quantitative estimate of drug-likeness (QED) is 0.365. The summed E-state index contributed by atoms with van der Waals surface area (Å²) in [6.07, 6.45) is 8.62. The molecule has 7 heteroatoms. The van der Waals surface area contributed by atoms with Crippen LogP contribution in [0.5, 0.6) is 0 Å². The second-order valence-corrected chi connectivity index (χ2v) is 11.0. The highest BCUT2D eigenvalue weighted by Gasteiger charge is 2.30. The largest absolute Gasteiger partial charge is 0.445 e. The van der Waals surface area contributed by atoms with Crippen molar-refractivity contribution in [3.63, 3.8) is 0 Å². The third-order valence-electron chi connectivity index (χ3n) is 8.04. The Kier molecular flexibility index (Phi) is 11.2. The zero-order valence-corrected chi connectivity index (χ0v) is 23.0. The van der Waals surface area contributed by atoms with E-state index in [0.717, 1.165) is 63.4 Å². The number of likely N-dealkylation sites (tertiary alicyclic amines) is 1. The van der Waals surface area contributed by atoms with E-state index < -0.39 is 12.1 Å². The van der Waals surface area contributed by atoms with Crippen LogP contribution in [-0.4, -0.2) is 48.5 Å². The van der Waals surface area contributed by atoms with Crippen LogP contribution in [0.3, 0.4) is 0 Å². The standard InChI is InChI=1S/C32H43N3O4/c36-30(28-15-7-8-16-28)33-20-10-9-17-29(34-32(38)39-24-27-13-5-2-6-14-27)31(37)35-21-18-26(19-22-35)23-25-11-3-1-4-12-25/h1-6,11-14,26,28-29H,7-10,15-24H2,(H,33,36)(H,34,38)/t29-/m1/s1. The predicted octanol–water partition coefficient (Wildman–Crippen LogP) is 5.24. The Balaban J connectivity index is 1.25. The zero-order chi connectivity index (χ0) is 27.3. The van der Waals surface area contributed by atoms with Crippen molar-refractivity contribution in [1.29, 1.82) is 0 Å². The Morgan fingerprint density at radius 1 is 0.846 bits per heavy atom. The Bertz CT molecular complexity index is 1030. The van der Waals surface area contributed by atoms with Crippen molar-refractivity contribution < 1.29 is 19.1 Å². The van der Waals surface area contributed by atoms with Crippen molar-refractivity contribution >= 4 is 17.9 Å². The fourth-order valence-electron chi connectivity index (χ4n) is 5.71. The van der Waals surface area contributed by atoms with Gasteiger partial charge < -0.3 is 20.3 Å². The summed E-state index contributed by atoms with van der Waals surface area (Å²) in [4.78, 5) is 40.3. The maximum absolute atomic E-state index is 13.5. The Morgan fingerprint density at radius 2 is 1.49 bits per heavy atom. The summed E-state index contributed by atoms with van der Waals surface area (Å²) in [6.45, 7) is 2.15. The second kappa shape index (κ2) is 15.3. The number of nitrogens with zero attached hydrogens (tertiary/aromatic N) is 1. The number of benzene rings is 2. The highest BCUT2D eigenvalue weighted by atomic mass is 16.5. The molecule has 2 N–H and O–H groups in total. The maximum atomic E-state index is 13.5. The van der Waals surface area contributed by atoms with Gasteiger partial charge in [0, 0.05) is 25.6 Å². The first-order valence-corrected chi connectivity index (χ1v) is 14.7. The van der Waals surface area contributed by atoms with E-state index in [2.05, 4.69) is 34.9 Å². The molecule has 0 radical (unpaired) electrons. The monoisotopic (exact) mass is 533 g/mol. The highest BCUT2D eigenvalue weighted by Crippen LogP contribution is 2.25. The number of amides is 3. The molecule has 0 spiro atoms. The number of piperidine rings is 1. The number of carbonyl (C=O) groups excluding carboxylic acids is 3. The summed E-state index contributed by atoms with van der Waals surface area (Å²) < 4.78 is 5.42. The molecule has 2 fully saturated rings. The van der Waals surface area contributed by atoms with Gasteiger partial charge in [-0.15, -0.1) is 0 Å². The van der Waals surface area contributed by atoms with Gasteiger partial charge in [0.05, 0.1) is 0 Å². The Morgan fingerprint density at radius 3 is 2.15 bits per heavy atom. The lowest BCUT2D eigenvalue weighted by Gasteiger charge is -2.34. The van der Waals surface area contributed by atoms with Crippen molar-refractivity contribution in [2.24, 2.45) is 11.8 Å². The molecule has 3 amide bonds. The SMILES string of the molecule is O=C(N[C@H](CCCCNC(=O)C1CCCC1)C(=O)N1CCC(Cc2ccccc2)CC1)OCc1ccccc1. The average Bonchev–Trinajstić information content (AvgIpc) is 3.52. The first-order valence-electron chi connectivity index (χ1n) is 14.7. The van der Waals surface area contributed by atoms with Crippen LogP contribution < -0.4 is 10.6 Å². The van der Waals surface area contributed by atoms with Gasteiger partial charge in [0.15, 0.2) is 0 Å². The lowest BCUT2D eigenvalue weighted by atomic mass is 9.90. The zero-order valence-electron chi connectivity index (χ0n) is 23.0. The molecule has 0 bridgehead atoms. The molecule has 4 rings (SSSR count). The van der Waals surface area contributed by atoms with Crippen LogP contribution in [0.15, 0.2) is 60.7 Å². The maximum Gasteiger partial charge on any atom is 0.408 e. The van der Waals surface area contributed by atoms with Crippen molar-refractivity contribution in [2.75, 3.05) is 19.6 Å². The molecule has 1 aliphatic carbocycles. The smallest absolute Gasteiger partial charge is 0.408 e. The van der Waals surface area contributed by atoms with E-state index in [1.807, 2.05) is 41.3 Å². The van der Waals surface area contributed by atoms with Gasteiger partial charge in [0.2, 0.25) is 11.8 Å². The first kappa shape index (κ1) is 28.7. The van der Waals surface area contributed by atoms with Crippen LogP contribution in [0.2, 0.25) is 0 Å². The Labute approximate surface area is 232 Å². The minimum atomic E-state index is -0.635. The lowest BCUT2D eigenvalue weighted by molar-refractivity contribution is -0.135. The second-order valence-electron chi connectivity index (χ2n) is 11.0. The van der Waals surface area contributed by atoms with E-state index in [-0.39, 0.29) is 24.3 Å². The number of nitrogens with one attached hydrogen (secondary N) is 2. The highest BCUT2D eigenvalue weighted by molar-refractivity contribution is 5.85. The third kappa shape index (κ3) is 9.41. The van der Waals surface area contributed by atoms with Crippen LogP contribution in [0.4, 0.5) is 4.79 Å². The van der Waals surface area contributed by atoms with Gasteiger partial charge in [-0.25, -0.2) is 4.79 Å². The van der Waals surface area contributed by atoms with Crippen molar-refractivity contribution in [1.82, 2.24) is 15.5 Å². The molecule has 0 unspecified atom stereocenters. The van der Waals surface area contributed by atoms with Crippen molar-refractivity contribution in [3.05, 3.63) is 71.8 Å². The number of hydrogen-bond donors (Lipinski definition) is 2. The molecule has 1 aliphatic heterocycles. The molecule has 210 valence electrons. The number of alkyl carbamates (subject to hydrolysis) is 1. The van der Waals surface area contributed by atoms with E-state index in [1.165, 1.54) is 5.56 Å². The fraction of sp³-hybridized carbons (Fsp3) is 0.531. The fourth-order valence-corrected chi connectivity index (χ4v) is 5.71. The number of unbranched alkanes of at least 4 members (excludes halogenated alkanes) is 1. The van der Waals surface area contributed by atoms with Gasteiger partial charge >= 0.3 is 6.09 Å². The van der Waals surface area contributed by atoms with Gasteiger partial charge in [-0.3, -0.25) is 9.59 Å². The normalized spacial score (nSPS) is 17.0. The molecular formula is C32H43N3O4. The predicted molar refractivity (Wildman–Crippen MR) is 152 cm³/mol. The molecule has 2 aliphatic rings. The number of ether oxygens (including phenoxy) is 1. The topological polar surface area (TPSA) is 87.7 Å². The first-order chi connectivity index (χ1) is 19.1. The summed E-state index contributed by atoms with van der Waals surface area (Å²) in [5.74, 6) is 0.827. The molecule has 39 heavy (non-hydrogen) atoms. The summed E-state index contributed by atoms with van der Waals surface area (Å²) in [7, 11) is 0. The molecule has 1 saturated carbocycles. The minimum absolute atomic E-state index is 0.0418. The minimum Gasteiger partial charge on any atom is -0.445 e. The van der Waals surface area contributed by atoms with E-state index in [9.17, 15) is 14.4 Å². The summed E-state index contributed by atoms with van der Waals surface area (Å²) >= 11 is 0. The van der Waals surface area contributed by atoms with Gasteiger partial charge in [-0.05, 0) is 68.4 Å². The van der Waals surface area contributed by atoms with Crippen LogP contribution >= 0.6 is 0 Å². The third-order valence-corrected chi connectivity index (χ3v) is 8.04. The molecule has 7 nitrogen and oxygen atoms in total. The average molecular weight is 534 g/mol. The van der Waals surface area contributed by atoms with E-state index in [0.29, 0.717) is 32.0 Å². The molecule has 1 saturated heterocycles. The van der Waals surface area contributed by atoms with Crippen molar-refractivity contribution in [3.8, 4) is 0 Å². The summed E-state index contributed by atoms with van der Waals surface area (Å²) in [5.41, 5.74) is 2.23. The van der Waals surface area contributed by atoms with Gasteiger partial charge in [-0.2, -0.15) is 0 Å². The van der Waals surface area contributed by atoms with E-state index >= 15 is 0 Å². The number of hydrogen-bond acceptors (Lipinski definition) is 4. The van der Waals surface area contributed by atoms with Gasteiger partial charge in [-0.1, -0.05) is 73.5 Å². The van der Waals surface area contributed by atoms with Crippen molar-refractivity contribution in [2.45, 2.75) is 76.9 Å². The molecule has 1 atom stereocenters.